The molecular weight excluding hydrogens is 246 g/mol. The smallest absolute Gasteiger partial charge is 0.0876 e. The van der Waals surface area contributed by atoms with Gasteiger partial charge in [-0.15, -0.1) is 0 Å². The molecule has 0 saturated heterocycles. The van der Waals surface area contributed by atoms with E-state index in [1.54, 1.807) is 0 Å². The number of rotatable bonds is 3. The average Bonchev–Trinajstić information content (AvgIpc) is 2.92. The summed E-state index contributed by atoms with van der Waals surface area (Å²) < 4.78 is 1.93. The first kappa shape index (κ1) is 13.2. The zero-order valence-electron chi connectivity index (χ0n) is 12.3. The molecule has 0 aliphatic heterocycles. The first-order chi connectivity index (χ1) is 9.64. The van der Waals surface area contributed by atoms with Crippen molar-refractivity contribution in [2.24, 2.45) is 5.41 Å². The quantitative estimate of drug-likeness (QED) is 0.902. The second-order valence-electron chi connectivity index (χ2n) is 6.57. The number of aromatic nitrogens is 2. The maximum atomic E-state index is 4.35. The molecule has 3 heteroatoms. The molecule has 1 aromatic carbocycles. The number of benzene rings is 1. The first-order valence-corrected chi connectivity index (χ1v) is 7.50. The van der Waals surface area contributed by atoms with Crippen molar-refractivity contribution in [2.75, 3.05) is 5.32 Å². The molecule has 1 aliphatic rings. The Bertz CT molecular complexity index is 557. The predicted octanol–water partition coefficient (Wildman–Crippen LogP) is 4.25. The third-order valence-electron chi connectivity index (χ3n) is 4.22. The zero-order valence-corrected chi connectivity index (χ0v) is 12.3. The molecule has 0 bridgehead atoms. The average molecular weight is 269 g/mol. The molecule has 1 unspecified atom stereocenters. The minimum Gasteiger partial charge on any atom is -0.381 e. The highest BCUT2D eigenvalue weighted by Gasteiger charge is 2.28. The maximum Gasteiger partial charge on any atom is 0.0876 e. The molecule has 3 nitrogen and oxygen atoms in total. The van der Waals surface area contributed by atoms with Crippen LogP contribution in [0.4, 0.5) is 5.69 Å². The van der Waals surface area contributed by atoms with Gasteiger partial charge in [0, 0.05) is 18.4 Å². The summed E-state index contributed by atoms with van der Waals surface area (Å²) in [5, 5.41) is 8.08. The van der Waals surface area contributed by atoms with Crippen molar-refractivity contribution in [3.63, 3.8) is 0 Å². The summed E-state index contributed by atoms with van der Waals surface area (Å²) in [5.41, 5.74) is 2.76. The lowest BCUT2D eigenvalue weighted by Crippen LogP contribution is -2.32. The van der Waals surface area contributed by atoms with Crippen LogP contribution < -0.4 is 5.32 Å². The maximum absolute atomic E-state index is 4.35. The van der Waals surface area contributed by atoms with E-state index in [9.17, 15) is 0 Å². The second-order valence-corrected chi connectivity index (χ2v) is 6.57. The van der Waals surface area contributed by atoms with Gasteiger partial charge in [-0.25, -0.2) is 4.68 Å². The third-order valence-corrected chi connectivity index (χ3v) is 4.22. The summed E-state index contributed by atoms with van der Waals surface area (Å²) in [6.07, 6.45) is 8.96. The van der Waals surface area contributed by atoms with Crippen molar-refractivity contribution in [3.05, 3.63) is 42.7 Å². The molecule has 0 amide bonds. The summed E-state index contributed by atoms with van der Waals surface area (Å²) in [6.45, 7) is 4.75. The van der Waals surface area contributed by atoms with E-state index < -0.39 is 0 Å². The van der Waals surface area contributed by atoms with Gasteiger partial charge in [-0.3, -0.25) is 0 Å². The standard InChI is InChI=1S/C17H23N3/c1-17(2)10-5-7-14(13-17)19-15-8-3-4-9-16(15)20-12-6-11-18-20/h3-4,6,8-9,11-12,14,19H,5,7,10,13H2,1-2H3. The van der Waals surface area contributed by atoms with Crippen molar-refractivity contribution in [3.8, 4) is 5.69 Å². The van der Waals surface area contributed by atoms with E-state index in [0.29, 0.717) is 11.5 Å². The topological polar surface area (TPSA) is 29.9 Å². The van der Waals surface area contributed by atoms with E-state index in [1.807, 2.05) is 23.1 Å². The number of hydrogen-bond acceptors (Lipinski definition) is 2. The van der Waals surface area contributed by atoms with Crippen LogP contribution in [0, 0.1) is 5.41 Å². The Morgan fingerprint density at radius 1 is 1.25 bits per heavy atom. The fraction of sp³-hybridized carbons (Fsp3) is 0.471. The fourth-order valence-corrected chi connectivity index (χ4v) is 3.25. The summed E-state index contributed by atoms with van der Waals surface area (Å²) in [6, 6.07) is 10.9. The Morgan fingerprint density at radius 3 is 2.85 bits per heavy atom. The lowest BCUT2D eigenvalue weighted by atomic mass is 9.75. The van der Waals surface area contributed by atoms with Crippen molar-refractivity contribution in [1.82, 2.24) is 9.78 Å². The Labute approximate surface area is 121 Å². The van der Waals surface area contributed by atoms with Crippen LogP contribution in [0.5, 0.6) is 0 Å². The van der Waals surface area contributed by atoms with Gasteiger partial charge in [0.25, 0.3) is 0 Å². The summed E-state index contributed by atoms with van der Waals surface area (Å²) in [5.74, 6) is 0. The molecule has 1 atom stereocenters. The molecule has 3 rings (SSSR count). The molecule has 20 heavy (non-hydrogen) atoms. The number of nitrogens with one attached hydrogen (secondary N) is 1. The van der Waals surface area contributed by atoms with Crippen molar-refractivity contribution in [2.45, 2.75) is 45.6 Å². The Hall–Kier alpha value is -1.77. The van der Waals surface area contributed by atoms with Crippen LogP contribution in [0.2, 0.25) is 0 Å². The molecule has 1 N–H and O–H groups in total. The van der Waals surface area contributed by atoms with Gasteiger partial charge in [0.1, 0.15) is 0 Å². The van der Waals surface area contributed by atoms with Crippen LogP contribution in [0.15, 0.2) is 42.7 Å². The van der Waals surface area contributed by atoms with E-state index in [0.717, 1.165) is 5.69 Å². The highest BCUT2D eigenvalue weighted by Crippen LogP contribution is 2.36. The van der Waals surface area contributed by atoms with Gasteiger partial charge >= 0.3 is 0 Å². The molecule has 1 heterocycles. The van der Waals surface area contributed by atoms with Crippen LogP contribution in [-0.4, -0.2) is 15.8 Å². The first-order valence-electron chi connectivity index (χ1n) is 7.50. The molecule has 1 aliphatic carbocycles. The van der Waals surface area contributed by atoms with E-state index in [2.05, 4.69) is 48.5 Å². The molecule has 0 spiro atoms. The lowest BCUT2D eigenvalue weighted by Gasteiger charge is -2.36. The van der Waals surface area contributed by atoms with Gasteiger partial charge in [-0.1, -0.05) is 32.4 Å². The lowest BCUT2D eigenvalue weighted by molar-refractivity contribution is 0.229. The predicted molar refractivity (Wildman–Crippen MR) is 83.2 cm³/mol. The van der Waals surface area contributed by atoms with Gasteiger partial charge < -0.3 is 5.32 Å². The minimum absolute atomic E-state index is 0.455. The molecule has 0 radical (unpaired) electrons. The van der Waals surface area contributed by atoms with E-state index in [4.69, 9.17) is 0 Å². The van der Waals surface area contributed by atoms with E-state index in [1.165, 1.54) is 31.4 Å². The molecular formula is C17H23N3. The van der Waals surface area contributed by atoms with Crippen molar-refractivity contribution >= 4 is 5.69 Å². The van der Waals surface area contributed by atoms with Gasteiger partial charge in [0.2, 0.25) is 0 Å². The largest absolute Gasteiger partial charge is 0.381 e. The van der Waals surface area contributed by atoms with Gasteiger partial charge in [-0.2, -0.15) is 5.10 Å². The Morgan fingerprint density at radius 2 is 2.10 bits per heavy atom. The number of anilines is 1. The molecule has 1 fully saturated rings. The van der Waals surface area contributed by atoms with E-state index >= 15 is 0 Å². The normalized spacial score (nSPS) is 21.6. The SMILES string of the molecule is CC1(C)CCCC(Nc2ccccc2-n2cccn2)C1. The van der Waals surface area contributed by atoms with Crippen LogP contribution >= 0.6 is 0 Å². The molecule has 106 valence electrons. The molecule has 2 aromatic rings. The van der Waals surface area contributed by atoms with Crippen molar-refractivity contribution in [1.29, 1.82) is 0 Å². The summed E-state index contributed by atoms with van der Waals surface area (Å²) in [4.78, 5) is 0. The zero-order chi connectivity index (χ0) is 14.0. The monoisotopic (exact) mass is 269 g/mol. The highest BCUT2D eigenvalue weighted by molar-refractivity contribution is 5.61. The van der Waals surface area contributed by atoms with Crippen LogP contribution in [0.25, 0.3) is 5.69 Å². The molecule has 1 saturated carbocycles. The second kappa shape index (κ2) is 5.31. The third kappa shape index (κ3) is 2.87. The van der Waals surface area contributed by atoms with Crippen LogP contribution in [0.1, 0.15) is 39.5 Å². The van der Waals surface area contributed by atoms with Crippen molar-refractivity contribution < 1.29 is 0 Å². The Kier molecular flexibility index (Phi) is 3.51. The van der Waals surface area contributed by atoms with Gasteiger partial charge in [0.05, 0.1) is 11.4 Å². The van der Waals surface area contributed by atoms with Gasteiger partial charge in [-0.05, 0) is 42.9 Å². The summed E-state index contributed by atoms with van der Waals surface area (Å²) >= 11 is 0. The Balaban J connectivity index is 1.81. The van der Waals surface area contributed by atoms with E-state index in [-0.39, 0.29) is 0 Å². The minimum atomic E-state index is 0.455. The van der Waals surface area contributed by atoms with Crippen LogP contribution in [-0.2, 0) is 0 Å². The highest BCUT2D eigenvalue weighted by atomic mass is 15.3. The van der Waals surface area contributed by atoms with Crippen LogP contribution in [0.3, 0.4) is 0 Å². The van der Waals surface area contributed by atoms with Gasteiger partial charge in [0.15, 0.2) is 0 Å². The number of hydrogen-bond donors (Lipinski definition) is 1. The number of nitrogens with zero attached hydrogens (tertiary/aromatic N) is 2. The number of para-hydroxylation sites is 2. The molecule has 1 aromatic heterocycles. The summed E-state index contributed by atoms with van der Waals surface area (Å²) in [7, 11) is 0. The fourth-order valence-electron chi connectivity index (χ4n) is 3.25.